The first kappa shape index (κ1) is 12.8. The van der Waals surface area contributed by atoms with Crippen molar-refractivity contribution >= 4 is 5.91 Å². The monoisotopic (exact) mass is 239 g/mol. The van der Waals surface area contributed by atoms with Crippen LogP contribution in [-0.4, -0.2) is 42.0 Å². The van der Waals surface area contributed by atoms with Gasteiger partial charge in [-0.05, 0) is 39.0 Å². The zero-order chi connectivity index (χ0) is 12.3. The molecule has 0 saturated carbocycles. The molecular weight excluding hydrogens is 214 g/mol. The first-order valence-corrected chi connectivity index (χ1v) is 6.99. The topological polar surface area (TPSA) is 58.4 Å². The molecule has 0 aromatic rings. The Labute approximate surface area is 104 Å². The largest absolute Gasteiger partial charge is 0.355 e. The van der Waals surface area contributed by atoms with Crippen molar-refractivity contribution < 1.29 is 4.79 Å². The molecule has 0 aromatic carbocycles. The van der Waals surface area contributed by atoms with Crippen LogP contribution < -0.4 is 11.1 Å². The van der Waals surface area contributed by atoms with E-state index in [0.29, 0.717) is 18.6 Å². The summed E-state index contributed by atoms with van der Waals surface area (Å²) >= 11 is 0. The Morgan fingerprint density at radius 1 is 1.29 bits per heavy atom. The second-order valence-corrected chi connectivity index (χ2v) is 5.42. The van der Waals surface area contributed by atoms with Crippen molar-refractivity contribution in [3.8, 4) is 0 Å². The van der Waals surface area contributed by atoms with E-state index in [-0.39, 0.29) is 11.9 Å². The highest BCUT2D eigenvalue weighted by Crippen LogP contribution is 2.27. The number of hydrogen-bond donors (Lipinski definition) is 2. The molecule has 2 saturated heterocycles. The fourth-order valence-corrected chi connectivity index (χ4v) is 3.32. The van der Waals surface area contributed by atoms with E-state index in [1.807, 2.05) is 0 Å². The number of hydrogen-bond acceptors (Lipinski definition) is 3. The zero-order valence-electron chi connectivity index (χ0n) is 10.8. The van der Waals surface area contributed by atoms with Crippen LogP contribution in [0.3, 0.4) is 0 Å². The van der Waals surface area contributed by atoms with E-state index >= 15 is 0 Å². The number of likely N-dealkylation sites (tertiary alicyclic amines) is 1. The van der Waals surface area contributed by atoms with Crippen LogP contribution in [0, 0.1) is 0 Å². The van der Waals surface area contributed by atoms with Crippen LogP contribution in [0.5, 0.6) is 0 Å². The summed E-state index contributed by atoms with van der Waals surface area (Å²) in [6.07, 6.45) is 6.83. The smallest absolute Gasteiger partial charge is 0.237 e. The van der Waals surface area contributed by atoms with Gasteiger partial charge in [0.05, 0.1) is 6.04 Å². The van der Waals surface area contributed by atoms with E-state index in [0.717, 1.165) is 32.2 Å². The van der Waals surface area contributed by atoms with Crippen molar-refractivity contribution in [2.45, 2.75) is 63.6 Å². The lowest BCUT2D eigenvalue weighted by Gasteiger charge is -2.44. The van der Waals surface area contributed by atoms with Crippen molar-refractivity contribution in [3.05, 3.63) is 0 Å². The number of carbonyl (C=O) groups excluding carboxylic acids is 1. The summed E-state index contributed by atoms with van der Waals surface area (Å²) in [4.78, 5) is 14.5. The molecule has 0 aromatic heterocycles. The summed E-state index contributed by atoms with van der Waals surface area (Å²) in [6, 6.07) is 0.945. The predicted octanol–water partition coefficient (Wildman–Crippen LogP) is 0.857. The normalized spacial score (nSPS) is 36.4. The summed E-state index contributed by atoms with van der Waals surface area (Å²) in [5.74, 6) is 0.217. The molecule has 1 amide bonds. The molecule has 98 valence electrons. The molecule has 4 heteroatoms. The molecule has 0 radical (unpaired) electrons. The van der Waals surface area contributed by atoms with E-state index in [2.05, 4.69) is 17.1 Å². The van der Waals surface area contributed by atoms with Gasteiger partial charge in [0.1, 0.15) is 0 Å². The molecule has 2 fully saturated rings. The SMILES string of the molecule is CC1CCCC(CN)N1C1CCCCNC1=O. The van der Waals surface area contributed by atoms with E-state index < -0.39 is 0 Å². The molecule has 2 aliphatic heterocycles. The summed E-state index contributed by atoms with van der Waals surface area (Å²) in [7, 11) is 0. The third kappa shape index (κ3) is 2.80. The summed E-state index contributed by atoms with van der Waals surface area (Å²) in [5, 5.41) is 3.04. The summed E-state index contributed by atoms with van der Waals surface area (Å²) in [6.45, 7) is 3.75. The van der Waals surface area contributed by atoms with E-state index in [4.69, 9.17) is 5.73 Å². The molecule has 2 rings (SSSR count). The van der Waals surface area contributed by atoms with Gasteiger partial charge in [0.25, 0.3) is 0 Å². The number of nitrogens with one attached hydrogen (secondary N) is 1. The van der Waals surface area contributed by atoms with Crippen molar-refractivity contribution in [2.75, 3.05) is 13.1 Å². The first-order chi connectivity index (χ1) is 8.24. The van der Waals surface area contributed by atoms with E-state index in [9.17, 15) is 4.79 Å². The molecule has 2 heterocycles. The number of nitrogens with zero attached hydrogens (tertiary/aromatic N) is 1. The molecule has 3 atom stereocenters. The molecular formula is C13H25N3O. The van der Waals surface area contributed by atoms with Gasteiger partial charge in [0.15, 0.2) is 0 Å². The standard InChI is InChI=1S/C13H25N3O/c1-10-5-4-6-11(9-14)16(10)12-7-2-3-8-15-13(12)17/h10-12H,2-9,14H2,1H3,(H,15,17). The Hall–Kier alpha value is -0.610. The molecule has 3 N–H and O–H groups in total. The van der Waals surface area contributed by atoms with Gasteiger partial charge in [-0.1, -0.05) is 6.42 Å². The quantitative estimate of drug-likeness (QED) is 0.751. The van der Waals surface area contributed by atoms with Crippen LogP contribution in [0.1, 0.15) is 45.4 Å². The minimum Gasteiger partial charge on any atom is -0.355 e. The molecule has 0 spiro atoms. The van der Waals surface area contributed by atoms with Crippen LogP contribution >= 0.6 is 0 Å². The highest BCUT2D eigenvalue weighted by atomic mass is 16.2. The maximum absolute atomic E-state index is 12.1. The zero-order valence-corrected chi connectivity index (χ0v) is 10.8. The van der Waals surface area contributed by atoms with Crippen LogP contribution in [0.25, 0.3) is 0 Å². The third-order valence-electron chi connectivity index (χ3n) is 4.23. The van der Waals surface area contributed by atoms with Gasteiger partial charge >= 0.3 is 0 Å². The Morgan fingerprint density at radius 3 is 2.88 bits per heavy atom. The van der Waals surface area contributed by atoms with Crippen LogP contribution in [-0.2, 0) is 4.79 Å². The average Bonchev–Trinajstić information content (AvgIpc) is 2.54. The highest BCUT2D eigenvalue weighted by Gasteiger charge is 2.36. The van der Waals surface area contributed by atoms with E-state index in [1.165, 1.54) is 12.8 Å². The Bertz CT molecular complexity index is 269. The van der Waals surface area contributed by atoms with Crippen molar-refractivity contribution in [1.82, 2.24) is 10.2 Å². The van der Waals surface area contributed by atoms with E-state index in [1.54, 1.807) is 0 Å². The minimum absolute atomic E-state index is 0.0568. The Balaban J connectivity index is 2.12. The lowest BCUT2D eigenvalue weighted by atomic mass is 9.92. The lowest BCUT2D eigenvalue weighted by molar-refractivity contribution is -0.129. The van der Waals surface area contributed by atoms with Crippen molar-refractivity contribution in [3.63, 3.8) is 0 Å². The predicted molar refractivity (Wildman–Crippen MR) is 68.6 cm³/mol. The second kappa shape index (κ2) is 5.83. The van der Waals surface area contributed by atoms with Crippen LogP contribution in [0.4, 0.5) is 0 Å². The molecule has 0 aliphatic carbocycles. The van der Waals surface area contributed by atoms with Gasteiger partial charge in [-0.15, -0.1) is 0 Å². The number of carbonyl (C=O) groups is 1. The van der Waals surface area contributed by atoms with Gasteiger partial charge < -0.3 is 11.1 Å². The fourth-order valence-electron chi connectivity index (χ4n) is 3.32. The van der Waals surface area contributed by atoms with Crippen LogP contribution in [0.2, 0.25) is 0 Å². The Kier molecular flexibility index (Phi) is 4.40. The maximum Gasteiger partial charge on any atom is 0.237 e. The van der Waals surface area contributed by atoms with Crippen molar-refractivity contribution in [2.24, 2.45) is 5.73 Å². The summed E-state index contributed by atoms with van der Waals surface area (Å²) < 4.78 is 0. The molecule has 17 heavy (non-hydrogen) atoms. The second-order valence-electron chi connectivity index (χ2n) is 5.42. The van der Waals surface area contributed by atoms with Crippen LogP contribution in [0.15, 0.2) is 0 Å². The van der Waals surface area contributed by atoms with Gasteiger partial charge in [-0.2, -0.15) is 0 Å². The maximum atomic E-state index is 12.1. The molecule has 0 bridgehead atoms. The highest BCUT2D eigenvalue weighted by molar-refractivity contribution is 5.82. The number of piperidine rings is 1. The van der Waals surface area contributed by atoms with Crippen molar-refractivity contribution in [1.29, 1.82) is 0 Å². The number of rotatable bonds is 2. The fraction of sp³-hybridized carbons (Fsp3) is 0.923. The third-order valence-corrected chi connectivity index (χ3v) is 4.23. The minimum atomic E-state index is 0.0568. The Morgan fingerprint density at radius 2 is 2.12 bits per heavy atom. The number of nitrogens with two attached hydrogens (primary N) is 1. The first-order valence-electron chi connectivity index (χ1n) is 6.99. The molecule has 2 aliphatic rings. The molecule has 4 nitrogen and oxygen atoms in total. The summed E-state index contributed by atoms with van der Waals surface area (Å²) in [5.41, 5.74) is 5.87. The van der Waals surface area contributed by atoms with Gasteiger partial charge in [0.2, 0.25) is 5.91 Å². The average molecular weight is 239 g/mol. The number of amides is 1. The van der Waals surface area contributed by atoms with Gasteiger partial charge in [-0.3, -0.25) is 9.69 Å². The van der Waals surface area contributed by atoms with Gasteiger partial charge in [-0.25, -0.2) is 0 Å². The lowest BCUT2D eigenvalue weighted by Crippen LogP contribution is -2.57. The van der Waals surface area contributed by atoms with Gasteiger partial charge in [0, 0.05) is 25.2 Å². The molecule has 3 unspecified atom stereocenters.